The quantitative estimate of drug-likeness (QED) is 0.217. The van der Waals surface area contributed by atoms with E-state index in [1.807, 2.05) is 6.92 Å². The molecule has 1 spiro atoms. The monoisotopic (exact) mass is 636 g/mol. The number of aromatic nitrogens is 3. The summed E-state index contributed by atoms with van der Waals surface area (Å²) in [5, 5.41) is 11.8. The molecule has 0 radical (unpaired) electrons. The SMILES string of the molecule is CCc1nc(N2CCC3(CCN(Cc4ccc5c(cc(C#N)n5CC5CCOCC5)c4C)C3)C2)c2cc(CC(F)(F)F)sc2n1. The van der Waals surface area contributed by atoms with Gasteiger partial charge >= 0.3 is 6.18 Å². The lowest BCUT2D eigenvalue weighted by Crippen LogP contribution is -2.31. The van der Waals surface area contributed by atoms with E-state index in [1.165, 1.54) is 11.1 Å². The van der Waals surface area contributed by atoms with Gasteiger partial charge in [-0.05, 0) is 74.4 Å². The van der Waals surface area contributed by atoms with Gasteiger partial charge in [0.15, 0.2) is 0 Å². The predicted octanol–water partition coefficient (Wildman–Crippen LogP) is 7.02. The van der Waals surface area contributed by atoms with Crippen LogP contribution in [0.15, 0.2) is 24.3 Å². The van der Waals surface area contributed by atoms with Gasteiger partial charge in [0.2, 0.25) is 0 Å². The van der Waals surface area contributed by atoms with Crippen LogP contribution < -0.4 is 4.90 Å². The number of halogens is 3. The standard InChI is InChI=1S/C34H39F3N6OS/c1-3-30-39-31(28-15-26(16-34(35,36)37)45-32(28)40-30)42-11-9-33(21-42)8-10-41(20-33)19-24-4-5-29-27(22(24)2)14-25(17-38)43(29)18-23-6-12-44-13-7-23/h4-5,14-15,23H,3,6-13,16,18-21H2,1-2H3. The van der Waals surface area contributed by atoms with E-state index in [0.717, 1.165) is 117 Å². The van der Waals surface area contributed by atoms with Gasteiger partial charge in [0, 0.05) is 73.6 Å². The number of hydrogen-bond donors (Lipinski definition) is 0. The number of alkyl halides is 3. The summed E-state index contributed by atoms with van der Waals surface area (Å²) in [6.45, 7) is 11.1. The first-order valence-corrected chi connectivity index (χ1v) is 16.9. The highest BCUT2D eigenvalue weighted by atomic mass is 32.1. The number of anilines is 1. The fourth-order valence-corrected chi connectivity index (χ4v) is 8.78. The Labute approximate surface area is 265 Å². The molecule has 1 unspecified atom stereocenters. The van der Waals surface area contributed by atoms with Crippen molar-refractivity contribution in [3.63, 3.8) is 0 Å². The van der Waals surface area contributed by atoms with Crippen molar-refractivity contribution < 1.29 is 17.9 Å². The smallest absolute Gasteiger partial charge is 0.381 e. The molecule has 0 bridgehead atoms. The molecular weight excluding hydrogens is 597 g/mol. The molecule has 1 aromatic carbocycles. The molecule has 3 saturated heterocycles. The minimum absolute atomic E-state index is 0.132. The van der Waals surface area contributed by atoms with E-state index in [1.54, 1.807) is 6.07 Å². The molecule has 3 fully saturated rings. The summed E-state index contributed by atoms with van der Waals surface area (Å²) in [7, 11) is 0. The van der Waals surface area contributed by atoms with Crippen molar-refractivity contribution in [1.29, 1.82) is 5.26 Å². The molecule has 7 nitrogen and oxygen atoms in total. The van der Waals surface area contributed by atoms with Gasteiger partial charge in [-0.25, -0.2) is 9.97 Å². The molecule has 0 amide bonds. The van der Waals surface area contributed by atoms with Crippen LogP contribution in [0.5, 0.6) is 0 Å². The van der Waals surface area contributed by atoms with Crippen LogP contribution >= 0.6 is 11.3 Å². The molecule has 45 heavy (non-hydrogen) atoms. The van der Waals surface area contributed by atoms with E-state index >= 15 is 0 Å². The number of nitrogens with zero attached hydrogens (tertiary/aromatic N) is 6. The summed E-state index contributed by atoms with van der Waals surface area (Å²) >= 11 is 1.14. The number of rotatable bonds is 7. The lowest BCUT2D eigenvalue weighted by molar-refractivity contribution is -0.126. The highest BCUT2D eigenvalue weighted by molar-refractivity contribution is 7.18. The van der Waals surface area contributed by atoms with Crippen LogP contribution in [-0.4, -0.2) is 65.0 Å². The van der Waals surface area contributed by atoms with Crippen LogP contribution in [-0.2, 0) is 30.7 Å². The fourth-order valence-electron chi connectivity index (χ4n) is 7.70. The summed E-state index contributed by atoms with van der Waals surface area (Å²) in [6.07, 6.45) is -0.355. The Morgan fingerprint density at radius 3 is 2.64 bits per heavy atom. The van der Waals surface area contributed by atoms with Gasteiger partial charge in [0.1, 0.15) is 28.2 Å². The van der Waals surface area contributed by atoms with Crippen molar-refractivity contribution in [2.45, 2.75) is 71.6 Å². The van der Waals surface area contributed by atoms with Gasteiger partial charge in [-0.1, -0.05) is 13.0 Å². The number of hydrogen-bond acceptors (Lipinski definition) is 7. The molecule has 4 aromatic rings. The number of fused-ring (bicyclic) bond motifs is 2. The second kappa shape index (κ2) is 11.9. The Morgan fingerprint density at radius 2 is 1.89 bits per heavy atom. The molecule has 0 saturated carbocycles. The maximum Gasteiger partial charge on any atom is 0.393 e. The largest absolute Gasteiger partial charge is 0.393 e. The maximum absolute atomic E-state index is 13.2. The zero-order valence-electron chi connectivity index (χ0n) is 25.9. The maximum atomic E-state index is 13.2. The summed E-state index contributed by atoms with van der Waals surface area (Å²) in [6, 6.07) is 10.6. The van der Waals surface area contributed by atoms with Crippen molar-refractivity contribution in [2.75, 3.05) is 44.3 Å². The average molecular weight is 637 g/mol. The van der Waals surface area contributed by atoms with Gasteiger partial charge in [0.25, 0.3) is 0 Å². The second-order valence-corrected chi connectivity index (χ2v) is 14.4. The average Bonchev–Trinajstić information content (AvgIpc) is 3.80. The highest BCUT2D eigenvalue weighted by Crippen LogP contribution is 2.44. The molecule has 3 aliphatic heterocycles. The lowest BCUT2D eigenvalue weighted by atomic mass is 9.86. The molecule has 1 atom stereocenters. The van der Waals surface area contributed by atoms with Crippen molar-refractivity contribution >= 4 is 38.3 Å². The van der Waals surface area contributed by atoms with Crippen molar-refractivity contribution in [3.8, 4) is 6.07 Å². The van der Waals surface area contributed by atoms with Gasteiger partial charge < -0.3 is 14.2 Å². The highest BCUT2D eigenvalue weighted by Gasteiger charge is 2.44. The number of nitriles is 1. The van der Waals surface area contributed by atoms with Crippen molar-refractivity contribution in [1.82, 2.24) is 19.4 Å². The van der Waals surface area contributed by atoms with E-state index in [2.05, 4.69) is 50.5 Å². The number of ether oxygens (including phenoxy) is 1. The van der Waals surface area contributed by atoms with E-state index < -0.39 is 12.6 Å². The van der Waals surface area contributed by atoms with Crippen LogP contribution in [0.1, 0.15) is 60.1 Å². The minimum Gasteiger partial charge on any atom is -0.381 e. The normalized spacial score (nSPS) is 21.6. The third kappa shape index (κ3) is 6.05. The van der Waals surface area contributed by atoms with Gasteiger partial charge in [0.05, 0.1) is 11.8 Å². The summed E-state index contributed by atoms with van der Waals surface area (Å²) in [5.74, 6) is 2.00. The fraction of sp³-hybridized carbons (Fsp3) is 0.559. The summed E-state index contributed by atoms with van der Waals surface area (Å²) in [5.41, 5.74) is 4.53. The first-order valence-electron chi connectivity index (χ1n) is 16.1. The van der Waals surface area contributed by atoms with Crippen LogP contribution in [0.3, 0.4) is 0 Å². The van der Waals surface area contributed by atoms with Crippen molar-refractivity contribution in [2.24, 2.45) is 11.3 Å². The summed E-state index contributed by atoms with van der Waals surface area (Å²) < 4.78 is 47.3. The Morgan fingerprint density at radius 1 is 1.09 bits per heavy atom. The lowest BCUT2D eigenvalue weighted by Gasteiger charge is -2.26. The number of thiophene rings is 1. The molecule has 238 valence electrons. The van der Waals surface area contributed by atoms with Crippen LogP contribution in [0.4, 0.5) is 19.0 Å². The molecule has 11 heteroatoms. The van der Waals surface area contributed by atoms with Crippen LogP contribution in [0, 0.1) is 29.6 Å². The molecule has 0 aliphatic carbocycles. The molecule has 3 aliphatic rings. The van der Waals surface area contributed by atoms with Gasteiger partial charge in [-0.2, -0.15) is 18.4 Å². The number of aryl methyl sites for hydroxylation is 2. The molecule has 0 N–H and O–H groups in total. The zero-order valence-corrected chi connectivity index (χ0v) is 26.7. The topological polar surface area (TPSA) is 70.2 Å². The Hall–Kier alpha value is -3.20. The molecule has 3 aromatic heterocycles. The van der Waals surface area contributed by atoms with Crippen LogP contribution in [0.25, 0.3) is 21.1 Å². The summed E-state index contributed by atoms with van der Waals surface area (Å²) in [4.78, 5) is 15.2. The number of benzene rings is 1. The van der Waals surface area contributed by atoms with E-state index in [-0.39, 0.29) is 10.3 Å². The van der Waals surface area contributed by atoms with E-state index in [9.17, 15) is 18.4 Å². The first kappa shape index (κ1) is 30.5. The van der Waals surface area contributed by atoms with E-state index in [0.29, 0.717) is 23.0 Å². The van der Waals surface area contributed by atoms with Gasteiger partial charge in [-0.15, -0.1) is 11.3 Å². The molecular formula is C34H39F3N6OS. The second-order valence-electron chi connectivity index (χ2n) is 13.3. The Balaban J connectivity index is 1.08. The third-order valence-corrected chi connectivity index (χ3v) is 11.2. The number of likely N-dealkylation sites (tertiary alicyclic amines) is 1. The molecule has 7 rings (SSSR count). The Bertz CT molecular complexity index is 1770. The molecule has 6 heterocycles. The Kier molecular flexibility index (Phi) is 8.03. The predicted molar refractivity (Wildman–Crippen MR) is 171 cm³/mol. The van der Waals surface area contributed by atoms with Gasteiger partial charge in [-0.3, -0.25) is 4.90 Å². The van der Waals surface area contributed by atoms with E-state index in [4.69, 9.17) is 9.72 Å². The minimum atomic E-state index is -4.25. The first-order chi connectivity index (χ1) is 21.6. The third-order valence-electron chi connectivity index (χ3n) is 10.2. The van der Waals surface area contributed by atoms with Crippen LogP contribution in [0.2, 0.25) is 0 Å². The van der Waals surface area contributed by atoms with Crippen molar-refractivity contribution in [3.05, 3.63) is 51.8 Å². The zero-order chi connectivity index (χ0) is 31.3.